The molecule has 0 unspecified atom stereocenters. The Balaban J connectivity index is 1.70. The minimum atomic E-state index is -0.411. The third kappa shape index (κ3) is 5.62. The number of methoxy groups -OCH3 is 1. The van der Waals surface area contributed by atoms with Crippen LogP contribution in [0.15, 0.2) is 61.6 Å². The van der Waals surface area contributed by atoms with Crippen LogP contribution in [0.2, 0.25) is 0 Å². The first kappa shape index (κ1) is 26.3. The molecule has 196 valence electrons. The molecule has 11 nitrogen and oxygen atoms in total. The number of aryl methyl sites for hydroxylation is 1. The standard InChI is InChI=1S/C27H30N8O3/c1-7-26(36)32-20-11-21(24(38-6)13-23(20)34(4)27(37)15-33(2)3)31-25-12-19(28-16-29-25)17-8-9-22-18(10-17)14-30-35(22)5/h7-14,16H,1,15H2,2-6H3,(H,32,36)(H,28,29,31). The zero-order valence-electron chi connectivity index (χ0n) is 22.0. The maximum absolute atomic E-state index is 12.8. The Morgan fingerprint density at radius 3 is 2.61 bits per heavy atom. The number of rotatable bonds is 9. The van der Waals surface area contributed by atoms with E-state index in [0.29, 0.717) is 28.6 Å². The number of nitrogens with zero attached hydrogens (tertiary/aromatic N) is 6. The topological polar surface area (TPSA) is 118 Å². The molecule has 0 atom stereocenters. The van der Waals surface area contributed by atoms with Crippen LogP contribution in [0.5, 0.6) is 5.75 Å². The SMILES string of the molecule is C=CC(=O)Nc1cc(Nc2cc(-c3ccc4c(cnn4C)c3)ncn2)c(OC)cc1N(C)C(=O)CN(C)C. The van der Waals surface area contributed by atoms with Crippen molar-refractivity contribution < 1.29 is 14.3 Å². The molecule has 2 aromatic heterocycles. The van der Waals surface area contributed by atoms with E-state index in [-0.39, 0.29) is 12.5 Å². The van der Waals surface area contributed by atoms with Crippen LogP contribution in [-0.4, -0.2) is 71.3 Å². The summed E-state index contributed by atoms with van der Waals surface area (Å²) in [6, 6.07) is 11.2. The lowest BCUT2D eigenvalue weighted by Crippen LogP contribution is -2.35. The van der Waals surface area contributed by atoms with Crippen LogP contribution in [0.3, 0.4) is 0 Å². The zero-order chi connectivity index (χ0) is 27.4. The molecule has 0 radical (unpaired) electrons. The van der Waals surface area contributed by atoms with Gasteiger partial charge >= 0.3 is 0 Å². The van der Waals surface area contributed by atoms with E-state index in [9.17, 15) is 9.59 Å². The largest absolute Gasteiger partial charge is 0.494 e. The Bertz CT molecular complexity index is 1510. The third-order valence-corrected chi connectivity index (χ3v) is 5.92. The Hall–Kier alpha value is -4.77. The molecular weight excluding hydrogens is 484 g/mol. The van der Waals surface area contributed by atoms with E-state index < -0.39 is 5.91 Å². The fraction of sp³-hybridized carbons (Fsp3) is 0.222. The summed E-state index contributed by atoms with van der Waals surface area (Å²) in [7, 11) is 8.69. The van der Waals surface area contributed by atoms with Gasteiger partial charge in [0.2, 0.25) is 11.8 Å². The van der Waals surface area contributed by atoms with Crippen molar-refractivity contribution in [2.24, 2.45) is 7.05 Å². The van der Waals surface area contributed by atoms with Crippen molar-refractivity contribution in [3.8, 4) is 17.0 Å². The van der Waals surface area contributed by atoms with Crippen molar-refractivity contribution in [1.82, 2.24) is 24.6 Å². The molecule has 0 aliphatic heterocycles. The summed E-state index contributed by atoms with van der Waals surface area (Å²) in [5.41, 5.74) is 4.08. The van der Waals surface area contributed by atoms with Crippen LogP contribution in [0.25, 0.3) is 22.2 Å². The summed E-state index contributed by atoms with van der Waals surface area (Å²) in [6.45, 7) is 3.72. The molecule has 2 heterocycles. The second kappa shape index (κ2) is 11.1. The summed E-state index contributed by atoms with van der Waals surface area (Å²) in [5.74, 6) is 0.409. The fourth-order valence-corrected chi connectivity index (χ4v) is 3.95. The van der Waals surface area contributed by atoms with E-state index in [1.54, 1.807) is 24.1 Å². The van der Waals surface area contributed by atoms with Crippen LogP contribution < -0.4 is 20.3 Å². The van der Waals surface area contributed by atoms with Gasteiger partial charge in [0.25, 0.3) is 0 Å². The van der Waals surface area contributed by atoms with Gasteiger partial charge in [-0.1, -0.05) is 12.6 Å². The molecule has 2 N–H and O–H groups in total. The van der Waals surface area contributed by atoms with Crippen molar-refractivity contribution >= 4 is 45.6 Å². The van der Waals surface area contributed by atoms with Gasteiger partial charge in [-0.15, -0.1) is 0 Å². The molecule has 4 aromatic rings. The van der Waals surface area contributed by atoms with E-state index in [1.165, 1.54) is 24.4 Å². The number of aromatic nitrogens is 4. The van der Waals surface area contributed by atoms with E-state index in [0.717, 1.165) is 22.2 Å². The summed E-state index contributed by atoms with van der Waals surface area (Å²) in [6.07, 6.45) is 4.45. The second-order valence-corrected chi connectivity index (χ2v) is 8.91. The Kier molecular flexibility index (Phi) is 7.68. The molecule has 0 bridgehead atoms. The monoisotopic (exact) mass is 514 g/mol. The smallest absolute Gasteiger partial charge is 0.247 e. The van der Waals surface area contributed by atoms with Gasteiger partial charge in [0.05, 0.1) is 48.1 Å². The lowest BCUT2D eigenvalue weighted by Gasteiger charge is -2.24. The van der Waals surface area contributed by atoms with Crippen molar-refractivity contribution in [3.05, 3.63) is 61.6 Å². The molecule has 0 spiro atoms. The average Bonchev–Trinajstić information content (AvgIpc) is 3.28. The molecule has 0 saturated carbocycles. The van der Waals surface area contributed by atoms with Crippen molar-refractivity contribution in [1.29, 1.82) is 0 Å². The van der Waals surface area contributed by atoms with Gasteiger partial charge in [-0.2, -0.15) is 5.10 Å². The van der Waals surface area contributed by atoms with Gasteiger partial charge in [-0.3, -0.25) is 14.3 Å². The number of carbonyl (C=O) groups excluding carboxylic acids is 2. The van der Waals surface area contributed by atoms with Crippen LogP contribution in [0.4, 0.5) is 22.9 Å². The highest BCUT2D eigenvalue weighted by atomic mass is 16.5. The normalized spacial score (nSPS) is 10.9. The zero-order valence-corrected chi connectivity index (χ0v) is 22.0. The van der Waals surface area contributed by atoms with E-state index in [2.05, 4.69) is 32.3 Å². The molecule has 38 heavy (non-hydrogen) atoms. The maximum atomic E-state index is 12.8. The first-order valence-corrected chi connectivity index (χ1v) is 11.8. The Morgan fingerprint density at radius 2 is 1.89 bits per heavy atom. The molecule has 2 amide bonds. The number of benzene rings is 2. The lowest BCUT2D eigenvalue weighted by atomic mass is 10.1. The van der Waals surface area contributed by atoms with E-state index >= 15 is 0 Å². The Morgan fingerprint density at radius 1 is 1.11 bits per heavy atom. The van der Waals surface area contributed by atoms with Gasteiger partial charge in [0.1, 0.15) is 17.9 Å². The van der Waals surface area contributed by atoms with Gasteiger partial charge < -0.3 is 25.2 Å². The van der Waals surface area contributed by atoms with Crippen molar-refractivity contribution in [2.45, 2.75) is 0 Å². The minimum Gasteiger partial charge on any atom is -0.494 e. The van der Waals surface area contributed by atoms with Crippen molar-refractivity contribution in [3.63, 3.8) is 0 Å². The first-order valence-electron chi connectivity index (χ1n) is 11.8. The number of anilines is 4. The lowest BCUT2D eigenvalue weighted by molar-refractivity contribution is -0.119. The third-order valence-electron chi connectivity index (χ3n) is 5.92. The second-order valence-electron chi connectivity index (χ2n) is 8.91. The summed E-state index contributed by atoms with van der Waals surface area (Å²) < 4.78 is 7.44. The minimum absolute atomic E-state index is 0.155. The summed E-state index contributed by atoms with van der Waals surface area (Å²) in [4.78, 5) is 37.0. The van der Waals surface area contributed by atoms with Crippen molar-refractivity contribution in [2.75, 3.05) is 50.3 Å². The highest BCUT2D eigenvalue weighted by molar-refractivity contribution is 6.05. The number of fused-ring (bicyclic) bond motifs is 1. The number of likely N-dealkylation sites (N-methyl/N-ethyl adjacent to an activating group) is 2. The van der Waals surface area contributed by atoms with Crippen LogP contribution >= 0.6 is 0 Å². The average molecular weight is 515 g/mol. The highest BCUT2D eigenvalue weighted by Crippen LogP contribution is 2.38. The maximum Gasteiger partial charge on any atom is 0.247 e. The molecule has 11 heteroatoms. The van der Waals surface area contributed by atoms with E-state index in [1.807, 2.05) is 56.3 Å². The molecule has 0 saturated heterocycles. The van der Waals surface area contributed by atoms with Gasteiger partial charge in [-0.05, 0) is 38.4 Å². The predicted octanol–water partition coefficient (Wildman–Crippen LogP) is 3.43. The quantitative estimate of drug-likeness (QED) is 0.326. The number of nitrogens with one attached hydrogen (secondary N) is 2. The van der Waals surface area contributed by atoms with Crippen LogP contribution in [-0.2, 0) is 16.6 Å². The number of hydrogen-bond acceptors (Lipinski definition) is 8. The summed E-state index contributed by atoms with van der Waals surface area (Å²) >= 11 is 0. The van der Waals surface area contributed by atoms with Crippen LogP contribution in [0, 0.1) is 0 Å². The van der Waals surface area contributed by atoms with Crippen LogP contribution in [0.1, 0.15) is 0 Å². The molecule has 0 aliphatic carbocycles. The van der Waals surface area contributed by atoms with Gasteiger partial charge in [0, 0.05) is 37.2 Å². The molecule has 4 rings (SSSR count). The number of amides is 2. The predicted molar refractivity (Wildman–Crippen MR) is 149 cm³/mol. The van der Waals surface area contributed by atoms with Gasteiger partial charge in [-0.25, -0.2) is 9.97 Å². The molecule has 0 fully saturated rings. The number of hydrogen-bond donors (Lipinski definition) is 2. The highest BCUT2D eigenvalue weighted by Gasteiger charge is 2.20. The number of ether oxygens (including phenoxy) is 1. The Labute approximate surface area is 220 Å². The first-order chi connectivity index (χ1) is 18.2. The molecule has 0 aliphatic rings. The summed E-state index contributed by atoms with van der Waals surface area (Å²) in [5, 5.41) is 11.3. The molecular formula is C27H30N8O3. The van der Waals surface area contributed by atoms with E-state index in [4.69, 9.17) is 4.74 Å². The van der Waals surface area contributed by atoms with Gasteiger partial charge in [0.15, 0.2) is 0 Å². The molecule has 2 aromatic carbocycles. The number of carbonyl (C=O) groups is 2. The fourth-order valence-electron chi connectivity index (χ4n) is 3.95.